The van der Waals surface area contributed by atoms with Gasteiger partial charge in [0.1, 0.15) is 6.54 Å². The SMILES string of the molecule is CCc1cccc2c(C=O)cn(CC(=O)Nc3c(C)cc(Br)cc3C)c12. The molecule has 1 heterocycles. The van der Waals surface area contributed by atoms with Gasteiger partial charge in [0.2, 0.25) is 5.91 Å². The lowest BCUT2D eigenvalue weighted by Gasteiger charge is -2.14. The van der Waals surface area contributed by atoms with Gasteiger partial charge in [0.05, 0.1) is 5.52 Å². The van der Waals surface area contributed by atoms with E-state index < -0.39 is 0 Å². The van der Waals surface area contributed by atoms with Crippen LogP contribution in [-0.4, -0.2) is 16.8 Å². The van der Waals surface area contributed by atoms with Gasteiger partial charge in [0.15, 0.2) is 6.29 Å². The Balaban J connectivity index is 1.94. The molecule has 26 heavy (non-hydrogen) atoms. The maximum Gasteiger partial charge on any atom is 0.244 e. The van der Waals surface area contributed by atoms with E-state index in [0.29, 0.717) is 5.56 Å². The van der Waals surface area contributed by atoms with Crippen LogP contribution in [-0.2, 0) is 17.8 Å². The normalized spacial score (nSPS) is 10.9. The Bertz CT molecular complexity index is 982. The molecule has 0 radical (unpaired) electrons. The fourth-order valence-corrected chi connectivity index (χ4v) is 4.10. The van der Waals surface area contributed by atoms with Crippen molar-refractivity contribution in [3.05, 3.63) is 63.3 Å². The summed E-state index contributed by atoms with van der Waals surface area (Å²) >= 11 is 3.47. The Morgan fingerprint density at radius 1 is 1.23 bits per heavy atom. The minimum atomic E-state index is -0.112. The summed E-state index contributed by atoms with van der Waals surface area (Å²) in [6, 6.07) is 9.87. The van der Waals surface area contributed by atoms with E-state index in [9.17, 15) is 9.59 Å². The van der Waals surface area contributed by atoms with Crippen LogP contribution in [0.4, 0.5) is 5.69 Å². The van der Waals surface area contributed by atoms with Crippen LogP contribution < -0.4 is 5.32 Å². The lowest BCUT2D eigenvalue weighted by Crippen LogP contribution is -2.19. The molecule has 0 bridgehead atoms. The molecule has 0 aliphatic heterocycles. The summed E-state index contributed by atoms with van der Waals surface area (Å²) in [6.45, 7) is 6.17. The van der Waals surface area contributed by atoms with E-state index in [4.69, 9.17) is 0 Å². The van der Waals surface area contributed by atoms with Gasteiger partial charge >= 0.3 is 0 Å². The van der Waals surface area contributed by atoms with Gasteiger partial charge < -0.3 is 9.88 Å². The van der Waals surface area contributed by atoms with Crippen molar-refractivity contribution >= 4 is 44.7 Å². The molecule has 1 amide bonds. The van der Waals surface area contributed by atoms with Crippen molar-refractivity contribution in [1.82, 2.24) is 4.57 Å². The van der Waals surface area contributed by atoms with Gasteiger partial charge in [-0.3, -0.25) is 9.59 Å². The number of anilines is 1. The fraction of sp³-hybridized carbons (Fsp3) is 0.238. The molecule has 0 spiro atoms. The maximum atomic E-state index is 12.7. The molecule has 4 nitrogen and oxygen atoms in total. The Labute approximate surface area is 161 Å². The topological polar surface area (TPSA) is 51.1 Å². The zero-order chi connectivity index (χ0) is 18.8. The van der Waals surface area contributed by atoms with Gasteiger partial charge in [0.25, 0.3) is 0 Å². The predicted molar refractivity (Wildman–Crippen MR) is 109 cm³/mol. The van der Waals surface area contributed by atoms with Crippen molar-refractivity contribution in [2.24, 2.45) is 0 Å². The highest BCUT2D eigenvalue weighted by atomic mass is 79.9. The summed E-state index contributed by atoms with van der Waals surface area (Å²) in [5.74, 6) is -0.112. The van der Waals surface area contributed by atoms with Gasteiger partial charge in [-0.2, -0.15) is 0 Å². The lowest BCUT2D eigenvalue weighted by molar-refractivity contribution is -0.116. The number of carbonyl (C=O) groups is 2. The van der Waals surface area contributed by atoms with E-state index in [-0.39, 0.29) is 12.5 Å². The largest absolute Gasteiger partial charge is 0.337 e. The number of benzene rings is 2. The summed E-state index contributed by atoms with van der Waals surface area (Å²) < 4.78 is 2.86. The van der Waals surface area contributed by atoms with Crippen molar-refractivity contribution in [3.8, 4) is 0 Å². The van der Waals surface area contributed by atoms with Crippen LogP contribution >= 0.6 is 15.9 Å². The molecule has 1 N–H and O–H groups in total. The van der Waals surface area contributed by atoms with Crippen molar-refractivity contribution in [2.45, 2.75) is 33.7 Å². The zero-order valence-electron chi connectivity index (χ0n) is 15.1. The first-order chi connectivity index (χ1) is 12.4. The monoisotopic (exact) mass is 412 g/mol. The van der Waals surface area contributed by atoms with Gasteiger partial charge in [-0.05, 0) is 49.1 Å². The third-order valence-electron chi connectivity index (χ3n) is 4.60. The molecule has 0 saturated carbocycles. The number of carbonyl (C=O) groups excluding carboxylic acids is 2. The predicted octanol–water partition coefficient (Wildman–Crippen LogP) is 5.03. The van der Waals surface area contributed by atoms with Gasteiger partial charge in [-0.25, -0.2) is 0 Å². The number of amides is 1. The van der Waals surface area contributed by atoms with Crippen LogP contribution in [0, 0.1) is 13.8 Å². The van der Waals surface area contributed by atoms with Gasteiger partial charge in [-0.15, -0.1) is 0 Å². The van der Waals surface area contributed by atoms with E-state index in [1.807, 2.05) is 48.7 Å². The summed E-state index contributed by atoms with van der Waals surface area (Å²) in [4.78, 5) is 24.1. The highest BCUT2D eigenvalue weighted by Gasteiger charge is 2.15. The van der Waals surface area contributed by atoms with E-state index in [1.54, 1.807) is 6.20 Å². The number of aryl methyl sites for hydroxylation is 3. The minimum Gasteiger partial charge on any atom is -0.337 e. The highest BCUT2D eigenvalue weighted by molar-refractivity contribution is 9.10. The molecule has 0 saturated heterocycles. The quantitative estimate of drug-likeness (QED) is 0.597. The van der Waals surface area contributed by atoms with Crippen LogP contribution in [0.1, 0.15) is 34.0 Å². The standard InChI is InChI=1S/C21H21BrN2O2/c1-4-15-6-5-7-18-16(12-25)10-24(21(15)18)11-19(26)23-20-13(2)8-17(22)9-14(20)3/h5-10,12H,4,11H2,1-3H3,(H,23,26). The summed E-state index contributed by atoms with van der Waals surface area (Å²) in [5.41, 5.74) is 5.53. The molecular formula is C21H21BrN2O2. The molecule has 1 aromatic heterocycles. The first kappa shape index (κ1) is 18.4. The molecule has 0 unspecified atom stereocenters. The molecular weight excluding hydrogens is 392 g/mol. The number of hydrogen-bond acceptors (Lipinski definition) is 2. The smallest absolute Gasteiger partial charge is 0.244 e. The second kappa shape index (κ2) is 7.46. The van der Waals surface area contributed by atoms with Gasteiger partial charge in [0, 0.05) is 27.3 Å². The number of aromatic nitrogens is 1. The number of nitrogens with zero attached hydrogens (tertiary/aromatic N) is 1. The number of para-hydroxylation sites is 1. The average molecular weight is 413 g/mol. The number of aldehydes is 1. The average Bonchev–Trinajstić information content (AvgIpc) is 2.96. The van der Waals surface area contributed by atoms with Crippen molar-refractivity contribution in [3.63, 3.8) is 0 Å². The van der Waals surface area contributed by atoms with E-state index in [0.717, 1.165) is 50.5 Å². The molecule has 0 aliphatic rings. The molecule has 2 aromatic carbocycles. The minimum absolute atomic E-state index is 0.112. The number of fused-ring (bicyclic) bond motifs is 1. The molecule has 5 heteroatoms. The summed E-state index contributed by atoms with van der Waals surface area (Å²) in [7, 11) is 0. The van der Waals surface area contributed by atoms with E-state index in [1.165, 1.54) is 0 Å². The zero-order valence-corrected chi connectivity index (χ0v) is 16.7. The highest BCUT2D eigenvalue weighted by Crippen LogP contribution is 2.27. The molecule has 0 atom stereocenters. The van der Waals surface area contributed by atoms with Crippen LogP contribution in [0.25, 0.3) is 10.9 Å². The first-order valence-corrected chi connectivity index (χ1v) is 9.36. The molecule has 3 aromatic rings. The maximum absolute atomic E-state index is 12.7. The van der Waals surface area contributed by atoms with Gasteiger partial charge in [-0.1, -0.05) is 41.1 Å². The Morgan fingerprint density at radius 2 is 1.92 bits per heavy atom. The van der Waals surface area contributed by atoms with Crippen molar-refractivity contribution in [2.75, 3.05) is 5.32 Å². The Morgan fingerprint density at radius 3 is 2.54 bits per heavy atom. The lowest BCUT2D eigenvalue weighted by atomic mass is 10.1. The third kappa shape index (κ3) is 3.44. The number of rotatable bonds is 5. The first-order valence-electron chi connectivity index (χ1n) is 8.57. The van der Waals surface area contributed by atoms with Crippen LogP contribution in [0.5, 0.6) is 0 Å². The Kier molecular flexibility index (Phi) is 5.28. The van der Waals surface area contributed by atoms with Crippen molar-refractivity contribution < 1.29 is 9.59 Å². The number of nitrogens with one attached hydrogen (secondary N) is 1. The number of hydrogen-bond donors (Lipinski definition) is 1. The molecule has 3 rings (SSSR count). The summed E-state index contributed by atoms with van der Waals surface area (Å²) in [6.07, 6.45) is 3.45. The fourth-order valence-electron chi connectivity index (χ4n) is 3.41. The Hall–Kier alpha value is -2.40. The van der Waals surface area contributed by atoms with Crippen LogP contribution in [0.2, 0.25) is 0 Å². The second-order valence-electron chi connectivity index (χ2n) is 6.46. The van der Waals surface area contributed by atoms with Crippen LogP contribution in [0.15, 0.2) is 41.0 Å². The number of halogens is 1. The second-order valence-corrected chi connectivity index (χ2v) is 7.38. The van der Waals surface area contributed by atoms with Crippen LogP contribution in [0.3, 0.4) is 0 Å². The third-order valence-corrected chi connectivity index (χ3v) is 5.05. The molecule has 0 aliphatic carbocycles. The van der Waals surface area contributed by atoms with E-state index in [2.05, 4.69) is 28.2 Å². The molecule has 0 fully saturated rings. The van der Waals surface area contributed by atoms with Crippen molar-refractivity contribution in [1.29, 1.82) is 0 Å². The summed E-state index contributed by atoms with van der Waals surface area (Å²) in [5, 5.41) is 3.91. The van der Waals surface area contributed by atoms with E-state index >= 15 is 0 Å². The molecule has 134 valence electrons.